The SMILES string of the molecule is Cc1ccc(N2CC(C(=O)N3CCCN(CC(F)(F)F)CC3)CC2=O)c(F)c1. The molecule has 2 saturated heterocycles. The van der Waals surface area contributed by atoms with E-state index >= 15 is 0 Å². The van der Waals surface area contributed by atoms with E-state index in [0.29, 0.717) is 13.0 Å². The molecule has 1 aromatic carbocycles. The van der Waals surface area contributed by atoms with Crippen LogP contribution in [0.15, 0.2) is 18.2 Å². The zero-order chi connectivity index (χ0) is 20.5. The molecule has 1 unspecified atom stereocenters. The first-order chi connectivity index (χ1) is 13.1. The second kappa shape index (κ2) is 8.06. The maximum Gasteiger partial charge on any atom is 0.401 e. The number of carbonyl (C=O) groups excluding carboxylic acids is 2. The average molecular weight is 401 g/mol. The Bertz CT molecular complexity index is 753. The second-order valence-corrected chi connectivity index (χ2v) is 7.43. The lowest BCUT2D eigenvalue weighted by Crippen LogP contribution is -2.41. The molecular weight excluding hydrogens is 378 g/mol. The number of benzene rings is 1. The highest BCUT2D eigenvalue weighted by molar-refractivity contribution is 6.00. The van der Waals surface area contributed by atoms with Gasteiger partial charge in [-0.2, -0.15) is 13.2 Å². The molecule has 154 valence electrons. The van der Waals surface area contributed by atoms with Gasteiger partial charge in [0.1, 0.15) is 5.82 Å². The van der Waals surface area contributed by atoms with Crippen LogP contribution in [-0.2, 0) is 9.59 Å². The lowest BCUT2D eigenvalue weighted by atomic mass is 10.1. The van der Waals surface area contributed by atoms with Crippen LogP contribution >= 0.6 is 0 Å². The van der Waals surface area contributed by atoms with Crippen LogP contribution in [0.4, 0.5) is 23.2 Å². The van der Waals surface area contributed by atoms with E-state index in [2.05, 4.69) is 0 Å². The van der Waals surface area contributed by atoms with Gasteiger partial charge in [0.2, 0.25) is 11.8 Å². The summed E-state index contributed by atoms with van der Waals surface area (Å²) in [7, 11) is 0. The zero-order valence-corrected chi connectivity index (χ0v) is 15.6. The van der Waals surface area contributed by atoms with Crippen molar-refractivity contribution in [2.45, 2.75) is 25.9 Å². The van der Waals surface area contributed by atoms with Crippen molar-refractivity contribution in [3.8, 4) is 0 Å². The average Bonchev–Trinajstić information content (AvgIpc) is 2.82. The van der Waals surface area contributed by atoms with Crippen LogP contribution in [0.1, 0.15) is 18.4 Å². The minimum Gasteiger partial charge on any atom is -0.341 e. The van der Waals surface area contributed by atoms with Gasteiger partial charge < -0.3 is 9.80 Å². The number of anilines is 1. The van der Waals surface area contributed by atoms with Gasteiger partial charge in [0.25, 0.3) is 0 Å². The first-order valence-corrected chi connectivity index (χ1v) is 9.28. The summed E-state index contributed by atoms with van der Waals surface area (Å²) in [4.78, 5) is 29.3. The molecule has 0 aliphatic carbocycles. The molecule has 2 amide bonds. The minimum absolute atomic E-state index is 0.0189. The third-order valence-corrected chi connectivity index (χ3v) is 5.17. The Kier molecular flexibility index (Phi) is 5.92. The summed E-state index contributed by atoms with van der Waals surface area (Å²) in [5.41, 5.74) is 0.881. The second-order valence-electron chi connectivity index (χ2n) is 7.43. The van der Waals surface area contributed by atoms with Gasteiger partial charge in [-0.25, -0.2) is 4.39 Å². The molecule has 0 radical (unpaired) electrons. The Hall–Kier alpha value is -2.16. The van der Waals surface area contributed by atoms with Crippen LogP contribution < -0.4 is 4.90 Å². The maximum atomic E-state index is 14.2. The Morgan fingerprint density at radius 1 is 1.18 bits per heavy atom. The molecule has 0 spiro atoms. The smallest absolute Gasteiger partial charge is 0.341 e. The lowest BCUT2D eigenvalue weighted by molar-refractivity contribution is -0.145. The van der Waals surface area contributed by atoms with E-state index in [9.17, 15) is 27.2 Å². The summed E-state index contributed by atoms with van der Waals surface area (Å²) in [6.45, 7) is 1.80. The van der Waals surface area contributed by atoms with Crippen LogP contribution in [0.3, 0.4) is 0 Å². The van der Waals surface area contributed by atoms with Crippen molar-refractivity contribution in [2.24, 2.45) is 5.92 Å². The molecule has 5 nitrogen and oxygen atoms in total. The number of rotatable bonds is 3. The van der Waals surface area contributed by atoms with Crippen molar-refractivity contribution in [1.82, 2.24) is 9.80 Å². The van der Waals surface area contributed by atoms with Gasteiger partial charge >= 0.3 is 6.18 Å². The quantitative estimate of drug-likeness (QED) is 0.732. The van der Waals surface area contributed by atoms with E-state index in [1.54, 1.807) is 13.0 Å². The van der Waals surface area contributed by atoms with Crippen molar-refractivity contribution in [3.63, 3.8) is 0 Å². The van der Waals surface area contributed by atoms with Gasteiger partial charge in [0, 0.05) is 39.1 Å². The number of carbonyl (C=O) groups is 2. The number of amides is 2. The fourth-order valence-electron chi connectivity index (χ4n) is 3.80. The molecule has 2 aliphatic heterocycles. The molecule has 3 rings (SSSR count). The van der Waals surface area contributed by atoms with E-state index < -0.39 is 24.5 Å². The number of aryl methyl sites for hydroxylation is 1. The molecule has 28 heavy (non-hydrogen) atoms. The standard InChI is InChI=1S/C19H23F4N3O2/c1-13-3-4-16(15(20)9-13)26-11-14(10-17(26)27)18(28)25-6-2-5-24(7-8-25)12-19(21,22)23/h3-4,9,14H,2,5-8,10-12H2,1H3. The van der Waals surface area contributed by atoms with E-state index in [1.165, 1.54) is 26.8 Å². The van der Waals surface area contributed by atoms with Crippen molar-refractivity contribution in [3.05, 3.63) is 29.6 Å². The fourth-order valence-corrected chi connectivity index (χ4v) is 3.80. The summed E-state index contributed by atoms with van der Waals surface area (Å²) in [6, 6.07) is 4.56. The third kappa shape index (κ3) is 4.81. The number of nitrogens with zero attached hydrogens (tertiary/aromatic N) is 3. The summed E-state index contributed by atoms with van der Waals surface area (Å²) in [6.07, 6.45) is -3.84. The van der Waals surface area contributed by atoms with E-state index in [-0.39, 0.29) is 50.1 Å². The van der Waals surface area contributed by atoms with Gasteiger partial charge in [-0.15, -0.1) is 0 Å². The topological polar surface area (TPSA) is 43.9 Å². The molecule has 0 aromatic heterocycles. The van der Waals surface area contributed by atoms with Crippen LogP contribution in [0.25, 0.3) is 0 Å². The summed E-state index contributed by atoms with van der Waals surface area (Å²) < 4.78 is 52.0. The molecule has 2 fully saturated rings. The molecule has 0 N–H and O–H groups in total. The Morgan fingerprint density at radius 2 is 1.93 bits per heavy atom. The number of halogens is 4. The summed E-state index contributed by atoms with van der Waals surface area (Å²) in [5, 5.41) is 0. The first-order valence-electron chi connectivity index (χ1n) is 9.28. The Balaban J connectivity index is 1.63. The first kappa shape index (κ1) is 20.6. The van der Waals surface area contributed by atoms with Crippen molar-refractivity contribution >= 4 is 17.5 Å². The van der Waals surface area contributed by atoms with Crippen LogP contribution in [-0.4, -0.2) is 67.1 Å². The van der Waals surface area contributed by atoms with E-state index in [0.717, 1.165) is 5.56 Å². The van der Waals surface area contributed by atoms with Crippen molar-refractivity contribution in [1.29, 1.82) is 0 Å². The Labute approximate surface area is 160 Å². The predicted octanol–water partition coefficient (Wildman–Crippen LogP) is 2.58. The number of hydrogen-bond acceptors (Lipinski definition) is 3. The number of alkyl halides is 3. The fraction of sp³-hybridized carbons (Fsp3) is 0.579. The van der Waals surface area contributed by atoms with Crippen molar-refractivity contribution < 1.29 is 27.2 Å². The molecular formula is C19H23F4N3O2. The molecule has 2 heterocycles. The molecule has 1 aromatic rings. The highest BCUT2D eigenvalue weighted by Gasteiger charge is 2.39. The van der Waals surface area contributed by atoms with Gasteiger partial charge in [0.15, 0.2) is 0 Å². The molecule has 9 heteroatoms. The summed E-state index contributed by atoms with van der Waals surface area (Å²) >= 11 is 0. The van der Waals surface area contributed by atoms with Crippen LogP contribution in [0, 0.1) is 18.7 Å². The minimum atomic E-state index is -4.27. The van der Waals surface area contributed by atoms with Gasteiger partial charge in [0.05, 0.1) is 18.2 Å². The zero-order valence-electron chi connectivity index (χ0n) is 15.6. The maximum absolute atomic E-state index is 14.2. The summed E-state index contributed by atoms with van der Waals surface area (Å²) in [5.74, 6) is -1.70. The third-order valence-electron chi connectivity index (χ3n) is 5.17. The normalized spacial score (nSPS) is 21.9. The predicted molar refractivity (Wildman–Crippen MR) is 95.3 cm³/mol. The largest absolute Gasteiger partial charge is 0.401 e. The van der Waals surface area contributed by atoms with E-state index in [1.807, 2.05) is 0 Å². The highest BCUT2D eigenvalue weighted by atomic mass is 19.4. The molecule has 0 bridgehead atoms. The van der Waals surface area contributed by atoms with Crippen LogP contribution in [0.2, 0.25) is 0 Å². The molecule has 2 aliphatic rings. The Morgan fingerprint density at radius 3 is 2.61 bits per heavy atom. The molecule has 1 atom stereocenters. The lowest BCUT2D eigenvalue weighted by Gasteiger charge is -2.25. The van der Waals surface area contributed by atoms with Gasteiger partial charge in [-0.1, -0.05) is 6.07 Å². The van der Waals surface area contributed by atoms with Crippen molar-refractivity contribution in [2.75, 3.05) is 44.2 Å². The van der Waals surface area contributed by atoms with Gasteiger partial charge in [-0.3, -0.25) is 14.5 Å². The number of hydrogen-bond donors (Lipinski definition) is 0. The van der Waals surface area contributed by atoms with Gasteiger partial charge in [-0.05, 0) is 31.0 Å². The van der Waals surface area contributed by atoms with E-state index in [4.69, 9.17) is 0 Å². The monoisotopic (exact) mass is 401 g/mol. The highest BCUT2D eigenvalue weighted by Crippen LogP contribution is 2.29. The molecule has 0 saturated carbocycles. The van der Waals surface area contributed by atoms with Crippen LogP contribution in [0.5, 0.6) is 0 Å².